The van der Waals surface area contributed by atoms with E-state index in [-0.39, 0.29) is 34.2 Å². The van der Waals surface area contributed by atoms with Crippen LogP contribution in [0, 0.1) is 0 Å². The highest BCUT2D eigenvalue weighted by Gasteiger charge is 2.36. The largest absolute Gasteiger partial charge is 0.506 e. The maximum absolute atomic E-state index is 13.5. The van der Waals surface area contributed by atoms with Crippen molar-refractivity contribution in [1.29, 1.82) is 0 Å². The van der Waals surface area contributed by atoms with E-state index in [1.807, 2.05) is 0 Å². The molecule has 0 radical (unpaired) electrons. The summed E-state index contributed by atoms with van der Waals surface area (Å²) >= 11 is 5.75. The number of hydrogen-bond donors (Lipinski definition) is 1. The van der Waals surface area contributed by atoms with Crippen molar-refractivity contribution in [3.05, 3.63) is 52.7 Å². The Morgan fingerprint density at radius 3 is 2.31 bits per heavy atom. The zero-order valence-corrected chi connectivity index (χ0v) is 18.9. The fourth-order valence-corrected chi connectivity index (χ4v) is 4.12. The molecule has 1 aliphatic rings. The second-order valence-corrected chi connectivity index (χ2v) is 8.40. The molecule has 2 heterocycles. The molecule has 0 aliphatic carbocycles. The Morgan fingerprint density at radius 1 is 1.03 bits per heavy atom. The average molecular weight is 521 g/mol. The minimum atomic E-state index is -4.77. The lowest BCUT2D eigenvalue weighted by atomic mass is 9.96. The highest BCUT2D eigenvalue weighted by molar-refractivity contribution is 6.31. The number of ether oxygens (including phenoxy) is 2. The van der Waals surface area contributed by atoms with Crippen LogP contribution in [0.15, 0.2) is 36.4 Å². The molecule has 0 spiro atoms. The Bertz CT molecular complexity index is 1230. The summed E-state index contributed by atoms with van der Waals surface area (Å²) in [7, 11) is 1.10. The van der Waals surface area contributed by atoms with Gasteiger partial charge in [0, 0.05) is 25.5 Å². The zero-order valence-electron chi connectivity index (χ0n) is 18.2. The number of aromatic nitrogens is 2. The molecule has 3 aromatic rings. The topological polar surface area (TPSA) is 56.5 Å². The Morgan fingerprint density at radius 2 is 1.71 bits per heavy atom. The Kier molecular flexibility index (Phi) is 6.67. The van der Waals surface area contributed by atoms with Crippen LogP contribution in [0.5, 0.6) is 11.5 Å². The Hall–Kier alpha value is -2.92. The fourth-order valence-electron chi connectivity index (χ4n) is 3.89. The first-order chi connectivity index (χ1) is 16.4. The Balaban J connectivity index is 1.88. The lowest BCUT2D eigenvalue weighted by molar-refractivity contribution is -0.143. The number of phenolic OH excluding ortho intramolecular Hbond substituents is 1. The summed E-state index contributed by atoms with van der Waals surface area (Å²) < 4.78 is 92.2. The maximum Gasteiger partial charge on any atom is 0.433 e. The first-order valence-electron chi connectivity index (χ1n) is 10.5. The van der Waals surface area contributed by atoms with Gasteiger partial charge < -0.3 is 14.6 Å². The van der Waals surface area contributed by atoms with Crippen LogP contribution in [0.2, 0.25) is 5.02 Å². The van der Waals surface area contributed by atoms with Gasteiger partial charge in [0.2, 0.25) is 0 Å². The van der Waals surface area contributed by atoms with Gasteiger partial charge in [-0.05, 0) is 35.9 Å². The molecule has 2 aromatic carbocycles. The molecule has 0 saturated carbocycles. The first kappa shape index (κ1) is 25.2. The van der Waals surface area contributed by atoms with Crippen molar-refractivity contribution in [3.8, 4) is 33.9 Å². The molecule has 35 heavy (non-hydrogen) atoms. The van der Waals surface area contributed by atoms with Gasteiger partial charge in [0.05, 0.1) is 35.1 Å². The van der Waals surface area contributed by atoms with Crippen molar-refractivity contribution in [2.24, 2.45) is 7.05 Å². The van der Waals surface area contributed by atoms with Crippen LogP contribution in [0.4, 0.5) is 26.3 Å². The predicted molar refractivity (Wildman–Crippen MR) is 115 cm³/mol. The van der Waals surface area contributed by atoms with E-state index in [1.54, 1.807) is 0 Å². The molecular formula is C23H19ClF6N2O3. The van der Waals surface area contributed by atoms with Crippen LogP contribution < -0.4 is 4.74 Å². The summed E-state index contributed by atoms with van der Waals surface area (Å²) in [6.07, 6.45) is -8.75. The van der Waals surface area contributed by atoms with Gasteiger partial charge in [0.1, 0.15) is 23.3 Å². The van der Waals surface area contributed by atoms with Gasteiger partial charge in [-0.1, -0.05) is 17.7 Å². The molecule has 1 saturated heterocycles. The van der Waals surface area contributed by atoms with Crippen LogP contribution >= 0.6 is 11.6 Å². The minimum absolute atomic E-state index is 0.0700. The Labute approximate surface area is 200 Å². The molecule has 1 aliphatic heterocycles. The standard InChI is InChI=1S/C23H19ClF6N2O3/c1-32-19(23(28,29)30)11-17(31-32)14-3-5-18(35-13-6-8-34-9-7-13)20(21(14)33)12-2-4-16(24)15(10-12)22(25,26)27/h2-5,10-11,13,33H,6-9H2,1H3. The van der Waals surface area contributed by atoms with E-state index in [1.165, 1.54) is 18.2 Å². The summed E-state index contributed by atoms with van der Waals surface area (Å²) in [5.74, 6) is -0.502. The van der Waals surface area contributed by atoms with Crippen molar-refractivity contribution in [1.82, 2.24) is 9.78 Å². The SMILES string of the molecule is Cn1nc(-c2ccc(OC3CCOCC3)c(-c3ccc(Cl)c(C(F)(F)F)c3)c2O)cc1C(F)(F)F. The molecule has 0 amide bonds. The van der Waals surface area contributed by atoms with Gasteiger partial charge in [-0.25, -0.2) is 0 Å². The summed E-state index contributed by atoms with van der Waals surface area (Å²) in [5.41, 5.74) is -2.68. The highest BCUT2D eigenvalue weighted by Crippen LogP contribution is 2.47. The number of hydrogen-bond acceptors (Lipinski definition) is 4. The van der Waals surface area contributed by atoms with Gasteiger partial charge in [0.15, 0.2) is 0 Å². The van der Waals surface area contributed by atoms with E-state index in [2.05, 4.69) is 5.10 Å². The quantitative estimate of drug-likeness (QED) is 0.389. The van der Waals surface area contributed by atoms with Crippen LogP contribution in [-0.2, 0) is 24.1 Å². The molecule has 0 bridgehead atoms. The van der Waals surface area contributed by atoms with Crippen LogP contribution in [0.1, 0.15) is 24.1 Å². The van der Waals surface area contributed by atoms with Gasteiger partial charge in [-0.3, -0.25) is 4.68 Å². The van der Waals surface area contributed by atoms with Gasteiger partial charge in [-0.2, -0.15) is 31.4 Å². The molecule has 1 fully saturated rings. The summed E-state index contributed by atoms with van der Waals surface area (Å²) in [5, 5.41) is 14.4. The third-order valence-electron chi connectivity index (χ3n) is 5.61. The molecule has 4 rings (SSSR count). The number of phenols is 1. The van der Waals surface area contributed by atoms with Crippen molar-refractivity contribution < 1.29 is 40.9 Å². The third kappa shape index (κ3) is 5.20. The van der Waals surface area contributed by atoms with E-state index in [0.29, 0.717) is 30.7 Å². The summed E-state index contributed by atoms with van der Waals surface area (Å²) in [6.45, 7) is 0.856. The summed E-state index contributed by atoms with van der Waals surface area (Å²) in [6, 6.07) is 6.53. The number of nitrogens with zero attached hydrogens (tertiary/aromatic N) is 2. The third-order valence-corrected chi connectivity index (χ3v) is 5.94. The number of benzene rings is 2. The van der Waals surface area contributed by atoms with E-state index in [4.69, 9.17) is 21.1 Å². The molecular weight excluding hydrogens is 502 g/mol. The van der Waals surface area contributed by atoms with Crippen LogP contribution in [-0.4, -0.2) is 34.2 Å². The number of rotatable bonds is 4. The molecule has 12 heteroatoms. The van der Waals surface area contributed by atoms with Crippen LogP contribution in [0.3, 0.4) is 0 Å². The van der Waals surface area contributed by atoms with Gasteiger partial charge >= 0.3 is 12.4 Å². The first-order valence-corrected chi connectivity index (χ1v) is 10.8. The van der Waals surface area contributed by atoms with E-state index in [0.717, 1.165) is 25.2 Å². The smallest absolute Gasteiger partial charge is 0.433 e. The van der Waals surface area contributed by atoms with Crippen molar-refractivity contribution >= 4 is 11.6 Å². The van der Waals surface area contributed by atoms with Crippen LogP contribution in [0.25, 0.3) is 22.4 Å². The minimum Gasteiger partial charge on any atom is -0.506 e. The lowest BCUT2D eigenvalue weighted by Crippen LogP contribution is -2.26. The predicted octanol–water partition coefficient (Wildman–Crippen LogP) is 6.71. The molecule has 0 unspecified atom stereocenters. The fraction of sp³-hybridized carbons (Fsp3) is 0.348. The maximum atomic E-state index is 13.5. The lowest BCUT2D eigenvalue weighted by Gasteiger charge is -2.25. The second-order valence-electron chi connectivity index (χ2n) is 7.99. The number of halogens is 7. The number of aromatic hydroxyl groups is 1. The molecule has 188 valence electrons. The van der Waals surface area contributed by atoms with Crippen molar-refractivity contribution in [2.45, 2.75) is 31.3 Å². The van der Waals surface area contributed by atoms with E-state index >= 15 is 0 Å². The number of alkyl halides is 6. The van der Waals surface area contributed by atoms with E-state index < -0.39 is 34.4 Å². The van der Waals surface area contributed by atoms with Crippen molar-refractivity contribution in [3.63, 3.8) is 0 Å². The monoisotopic (exact) mass is 520 g/mol. The molecule has 1 aromatic heterocycles. The van der Waals surface area contributed by atoms with Gasteiger partial charge in [0.25, 0.3) is 0 Å². The highest BCUT2D eigenvalue weighted by atomic mass is 35.5. The molecule has 5 nitrogen and oxygen atoms in total. The van der Waals surface area contributed by atoms with E-state index in [9.17, 15) is 31.4 Å². The van der Waals surface area contributed by atoms with Crippen molar-refractivity contribution in [2.75, 3.05) is 13.2 Å². The molecule has 1 N–H and O–H groups in total. The molecule has 0 atom stereocenters. The second kappa shape index (κ2) is 9.27. The zero-order chi connectivity index (χ0) is 25.5. The summed E-state index contributed by atoms with van der Waals surface area (Å²) in [4.78, 5) is 0. The number of aryl methyl sites for hydroxylation is 1. The average Bonchev–Trinajstić information content (AvgIpc) is 3.16. The normalized spacial score (nSPS) is 15.4. The van der Waals surface area contributed by atoms with Gasteiger partial charge in [-0.15, -0.1) is 0 Å².